The van der Waals surface area contributed by atoms with Gasteiger partial charge in [0.15, 0.2) is 11.6 Å². The quantitative estimate of drug-likeness (QED) is 0.394. The molecule has 214 valence electrons. The van der Waals surface area contributed by atoms with Crippen molar-refractivity contribution in [2.24, 2.45) is 11.8 Å². The molecule has 1 aromatic carbocycles. The van der Waals surface area contributed by atoms with Gasteiger partial charge in [-0.15, -0.1) is 0 Å². The minimum absolute atomic E-state index is 0.0449. The van der Waals surface area contributed by atoms with Crippen molar-refractivity contribution in [3.05, 3.63) is 41.1 Å². The molecule has 0 atom stereocenters. The minimum atomic E-state index is -4.92. The van der Waals surface area contributed by atoms with E-state index in [9.17, 15) is 27.9 Å². The predicted octanol–water partition coefficient (Wildman–Crippen LogP) is 5.25. The number of rotatable bonds is 10. The van der Waals surface area contributed by atoms with Gasteiger partial charge in [0.05, 0.1) is 36.2 Å². The van der Waals surface area contributed by atoms with E-state index in [0.717, 1.165) is 38.2 Å². The van der Waals surface area contributed by atoms with E-state index < -0.39 is 64.3 Å². The zero-order valence-electron chi connectivity index (χ0n) is 22.0. The molecule has 1 aliphatic carbocycles. The first kappa shape index (κ1) is 30.2. The second-order valence-corrected chi connectivity index (χ2v) is 9.57. The smallest absolute Gasteiger partial charge is 0.423 e. The van der Waals surface area contributed by atoms with Gasteiger partial charge in [-0.05, 0) is 38.5 Å². The molecule has 2 aromatic rings. The van der Waals surface area contributed by atoms with Crippen LogP contribution in [0.3, 0.4) is 0 Å². The number of alkyl halides is 3. The summed E-state index contributed by atoms with van der Waals surface area (Å²) in [7, 11) is 2.79. The number of aromatic nitrogens is 2. The maximum absolute atomic E-state index is 15.4. The van der Waals surface area contributed by atoms with Gasteiger partial charge in [-0.25, -0.2) is 19.2 Å². The Labute approximate surface area is 223 Å². The standard InChI is InChI=1S/C26H31F4N3O6/c1-14-5-7-16(8-6-14)24(34)33(17(11-37-3)12-38-4)20-10-19(27)21(9-18(20)25(35)36)39-23-22(26(28,29)30)15(2)31-13-32-23/h9-10,13-14,16-17H,5-8,11-12H2,1-4H3,(H,35,36). The van der Waals surface area contributed by atoms with Gasteiger partial charge in [-0.1, -0.05) is 6.92 Å². The first-order chi connectivity index (χ1) is 18.4. The van der Waals surface area contributed by atoms with Crippen molar-refractivity contribution in [1.29, 1.82) is 0 Å². The molecule has 1 aromatic heterocycles. The van der Waals surface area contributed by atoms with Gasteiger partial charge in [-0.3, -0.25) is 4.79 Å². The number of amides is 1. The third-order valence-electron chi connectivity index (χ3n) is 6.72. The van der Waals surface area contributed by atoms with Gasteiger partial charge in [0, 0.05) is 32.3 Å². The van der Waals surface area contributed by atoms with E-state index in [1.165, 1.54) is 19.1 Å². The third-order valence-corrected chi connectivity index (χ3v) is 6.72. The number of aromatic carboxylic acids is 1. The summed E-state index contributed by atoms with van der Waals surface area (Å²) in [6.07, 6.45) is -1.35. The Morgan fingerprint density at radius 2 is 1.72 bits per heavy atom. The summed E-state index contributed by atoms with van der Waals surface area (Å²) in [6.45, 7) is 3.07. The van der Waals surface area contributed by atoms with Gasteiger partial charge in [-0.2, -0.15) is 13.2 Å². The molecule has 13 heteroatoms. The van der Waals surface area contributed by atoms with Crippen molar-refractivity contribution in [1.82, 2.24) is 9.97 Å². The maximum Gasteiger partial charge on any atom is 0.423 e. The molecule has 1 fully saturated rings. The number of aryl methyl sites for hydroxylation is 1. The molecule has 3 rings (SSSR count). The highest BCUT2D eigenvalue weighted by molar-refractivity contribution is 6.03. The summed E-state index contributed by atoms with van der Waals surface area (Å²) in [5.41, 5.74) is -2.62. The molecule has 0 spiro atoms. The fraction of sp³-hybridized carbons (Fsp3) is 0.538. The topological polar surface area (TPSA) is 111 Å². The fourth-order valence-corrected chi connectivity index (χ4v) is 4.73. The average Bonchev–Trinajstić information content (AvgIpc) is 2.85. The number of anilines is 1. The first-order valence-corrected chi connectivity index (χ1v) is 12.3. The number of methoxy groups -OCH3 is 2. The van der Waals surface area contributed by atoms with E-state index in [0.29, 0.717) is 18.8 Å². The molecule has 1 amide bonds. The molecule has 39 heavy (non-hydrogen) atoms. The Hall–Kier alpha value is -3.32. The lowest BCUT2D eigenvalue weighted by atomic mass is 9.82. The van der Waals surface area contributed by atoms with E-state index >= 15 is 4.39 Å². The van der Waals surface area contributed by atoms with Crippen LogP contribution >= 0.6 is 0 Å². The van der Waals surface area contributed by atoms with Crippen molar-refractivity contribution < 1.29 is 46.5 Å². The van der Waals surface area contributed by atoms with Crippen LogP contribution in [0, 0.1) is 24.6 Å². The number of carboxylic acids is 1. The number of carbonyl (C=O) groups is 2. The summed E-state index contributed by atoms with van der Waals surface area (Å²) >= 11 is 0. The van der Waals surface area contributed by atoms with Gasteiger partial charge < -0.3 is 24.2 Å². The molecular weight excluding hydrogens is 526 g/mol. The lowest BCUT2D eigenvalue weighted by Crippen LogP contribution is -2.49. The van der Waals surface area contributed by atoms with Crippen molar-refractivity contribution in [3.8, 4) is 11.6 Å². The molecule has 0 bridgehead atoms. The van der Waals surface area contributed by atoms with Crippen molar-refractivity contribution >= 4 is 17.6 Å². The van der Waals surface area contributed by atoms with Gasteiger partial charge >= 0.3 is 12.1 Å². The zero-order chi connectivity index (χ0) is 28.9. The largest absolute Gasteiger partial charge is 0.478 e. The van der Waals surface area contributed by atoms with E-state index in [4.69, 9.17) is 14.2 Å². The maximum atomic E-state index is 15.4. The highest BCUT2D eigenvalue weighted by Gasteiger charge is 2.39. The summed E-state index contributed by atoms with van der Waals surface area (Å²) in [6, 6.07) is 0.698. The molecule has 1 saturated carbocycles. The van der Waals surface area contributed by atoms with Crippen LogP contribution in [0.1, 0.15) is 54.2 Å². The normalized spacial score (nSPS) is 17.8. The van der Waals surface area contributed by atoms with Crippen molar-refractivity contribution in [2.75, 3.05) is 32.3 Å². The van der Waals surface area contributed by atoms with Crippen molar-refractivity contribution in [3.63, 3.8) is 0 Å². The lowest BCUT2D eigenvalue weighted by Gasteiger charge is -2.36. The van der Waals surface area contributed by atoms with Crippen LogP contribution in [0.2, 0.25) is 0 Å². The van der Waals surface area contributed by atoms with E-state index in [1.807, 2.05) is 0 Å². The minimum Gasteiger partial charge on any atom is -0.478 e. The molecule has 0 saturated heterocycles. The Kier molecular flexibility index (Phi) is 9.83. The van der Waals surface area contributed by atoms with Crippen LogP contribution < -0.4 is 9.64 Å². The summed E-state index contributed by atoms with van der Waals surface area (Å²) < 4.78 is 71.9. The Morgan fingerprint density at radius 1 is 1.10 bits per heavy atom. The molecule has 0 aliphatic heterocycles. The average molecular weight is 558 g/mol. The number of hydrogen-bond acceptors (Lipinski definition) is 7. The predicted molar refractivity (Wildman–Crippen MR) is 131 cm³/mol. The Balaban J connectivity index is 2.13. The highest BCUT2D eigenvalue weighted by Crippen LogP contribution is 2.40. The molecule has 1 N–H and O–H groups in total. The highest BCUT2D eigenvalue weighted by atomic mass is 19.4. The van der Waals surface area contributed by atoms with Crippen LogP contribution in [0.15, 0.2) is 18.5 Å². The van der Waals surface area contributed by atoms with Gasteiger partial charge in [0.25, 0.3) is 0 Å². The van der Waals surface area contributed by atoms with Crippen LogP contribution in [0.5, 0.6) is 11.6 Å². The SMILES string of the molecule is COCC(COC)N(C(=O)C1CCC(C)CC1)c1cc(F)c(Oc2ncnc(C)c2C(F)(F)F)cc1C(=O)O. The van der Waals surface area contributed by atoms with Crippen LogP contribution in [0.25, 0.3) is 0 Å². The Morgan fingerprint density at radius 3 is 2.26 bits per heavy atom. The monoisotopic (exact) mass is 557 g/mol. The number of carboxylic acid groups (broad SMARTS) is 1. The van der Waals surface area contributed by atoms with Crippen LogP contribution in [-0.4, -0.2) is 60.4 Å². The Bertz CT molecular complexity index is 1180. The van der Waals surface area contributed by atoms with Gasteiger partial charge in [0.1, 0.15) is 11.9 Å². The van der Waals surface area contributed by atoms with E-state index in [-0.39, 0.29) is 18.9 Å². The number of ether oxygens (including phenoxy) is 3. The summed E-state index contributed by atoms with van der Waals surface area (Å²) in [4.78, 5) is 34.3. The fourth-order valence-electron chi connectivity index (χ4n) is 4.73. The van der Waals surface area contributed by atoms with Gasteiger partial charge in [0.2, 0.25) is 11.8 Å². The van der Waals surface area contributed by atoms with E-state index in [1.54, 1.807) is 0 Å². The second-order valence-electron chi connectivity index (χ2n) is 9.57. The molecule has 9 nitrogen and oxygen atoms in total. The molecule has 0 radical (unpaired) electrons. The first-order valence-electron chi connectivity index (χ1n) is 12.3. The zero-order valence-corrected chi connectivity index (χ0v) is 22.0. The third kappa shape index (κ3) is 7.01. The summed E-state index contributed by atoms with van der Waals surface area (Å²) in [5.74, 6) is -4.95. The van der Waals surface area contributed by atoms with Crippen LogP contribution in [0.4, 0.5) is 23.2 Å². The van der Waals surface area contributed by atoms with E-state index in [2.05, 4.69) is 16.9 Å². The number of halogens is 4. The number of nitrogens with zero attached hydrogens (tertiary/aromatic N) is 3. The lowest BCUT2D eigenvalue weighted by molar-refractivity contribution is -0.139. The number of carbonyl (C=O) groups excluding carboxylic acids is 1. The number of hydrogen-bond donors (Lipinski definition) is 1. The summed E-state index contributed by atoms with van der Waals surface area (Å²) in [5, 5.41) is 10.0. The molecule has 0 unspecified atom stereocenters. The molecular formula is C26H31F4N3O6. The van der Waals surface area contributed by atoms with Crippen molar-refractivity contribution in [2.45, 2.75) is 51.7 Å². The molecule has 1 heterocycles. The second kappa shape index (κ2) is 12.7. The number of benzene rings is 1. The van der Waals surface area contributed by atoms with Crippen LogP contribution in [-0.2, 0) is 20.4 Å². The molecule has 1 aliphatic rings.